The van der Waals surface area contributed by atoms with Gasteiger partial charge in [0, 0.05) is 13.1 Å². The Morgan fingerprint density at radius 1 is 1.41 bits per heavy atom. The molecular weight excluding hydrogens is 280 g/mol. The summed E-state index contributed by atoms with van der Waals surface area (Å²) >= 11 is 0. The molecule has 5 heteroatoms. The number of carbonyl (C=O) groups excluding carboxylic acids is 1. The summed E-state index contributed by atoms with van der Waals surface area (Å²) in [5, 5.41) is 3.90. The van der Waals surface area contributed by atoms with E-state index in [2.05, 4.69) is 19.0 Å². The number of hydrogen-bond acceptors (Lipinski definition) is 4. The van der Waals surface area contributed by atoms with Crippen molar-refractivity contribution in [1.82, 2.24) is 10.1 Å². The number of nitrogens with zero attached hydrogens (tertiary/aromatic N) is 2. The van der Waals surface area contributed by atoms with Crippen LogP contribution in [0.1, 0.15) is 54.9 Å². The van der Waals surface area contributed by atoms with E-state index in [1.165, 1.54) is 0 Å². The maximum absolute atomic E-state index is 12.8. The lowest BCUT2D eigenvalue weighted by molar-refractivity contribution is -0.0451. The molecule has 0 radical (unpaired) electrons. The fourth-order valence-corrected chi connectivity index (χ4v) is 3.81. The van der Waals surface area contributed by atoms with Crippen LogP contribution in [-0.2, 0) is 4.74 Å². The fraction of sp³-hybridized carbons (Fsp3) is 0.765. The zero-order valence-electron chi connectivity index (χ0n) is 14.0. The van der Waals surface area contributed by atoms with E-state index in [1.807, 2.05) is 11.8 Å². The summed E-state index contributed by atoms with van der Waals surface area (Å²) in [6.45, 7) is 10.4. The van der Waals surface area contributed by atoms with Gasteiger partial charge in [0.15, 0.2) is 0 Å². The third-order valence-electron chi connectivity index (χ3n) is 5.25. The van der Waals surface area contributed by atoms with Crippen molar-refractivity contribution in [2.75, 3.05) is 19.7 Å². The molecule has 0 unspecified atom stereocenters. The van der Waals surface area contributed by atoms with Crippen molar-refractivity contribution in [1.29, 1.82) is 0 Å². The molecule has 0 saturated carbocycles. The number of piperidine rings is 1. The largest absolute Gasteiger partial charge is 0.373 e. The predicted molar refractivity (Wildman–Crippen MR) is 82.7 cm³/mol. The number of rotatable bonds is 2. The summed E-state index contributed by atoms with van der Waals surface area (Å²) in [5.41, 5.74) is 1.16. The molecule has 1 aromatic heterocycles. The summed E-state index contributed by atoms with van der Waals surface area (Å²) in [6, 6.07) is 0. The van der Waals surface area contributed by atoms with Gasteiger partial charge in [-0.3, -0.25) is 4.79 Å². The van der Waals surface area contributed by atoms with Gasteiger partial charge in [0.1, 0.15) is 11.3 Å². The van der Waals surface area contributed by atoms with Crippen LogP contribution < -0.4 is 0 Å². The molecule has 2 aliphatic rings. The third-order valence-corrected chi connectivity index (χ3v) is 5.25. The van der Waals surface area contributed by atoms with E-state index in [9.17, 15) is 4.79 Å². The van der Waals surface area contributed by atoms with E-state index in [0.29, 0.717) is 35.4 Å². The molecule has 0 N–H and O–H groups in total. The summed E-state index contributed by atoms with van der Waals surface area (Å²) < 4.78 is 11.3. The van der Waals surface area contributed by atoms with Crippen molar-refractivity contribution in [2.45, 2.75) is 52.6 Å². The zero-order valence-corrected chi connectivity index (χ0v) is 14.0. The van der Waals surface area contributed by atoms with Gasteiger partial charge in [0.2, 0.25) is 0 Å². The number of amides is 1. The standard InChI is InChI=1S/C17H26N2O3/c1-11(2)14-8-17(21-9-14)6-5-7-19(10-17)16(20)15-12(3)18-22-13(15)4/h11,14H,5-10H2,1-4H3/t14-,17+/m1/s1. The van der Waals surface area contributed by atoms with Crippen LogP contribution in [0.4, 0.5) is 0 Å². The average molecular weight is 306 g/mol. The van der Waals surface area contributed by atoms with E-state index in [4.69, 9.17) is 9.26 Å². The van der Waals surface area contributed by atoms with Crippen molar-refractivity contribution in [2.24, 2.45) is 11.8 Å². The highest BCUT2D eigenvalue weighted by molar-refractivity contribution is 5.96. The van der Waals surface area contributed by atoms with Crippen LogP contribution in [0.25, 0.3) is 0 Å². The molecule has 2 atom stereocenters. The van der Waals surface area contributed by atoms with Gasteiger partial charge in [0.05, 0.1) is 17.9 Å². The Labute approximate surface area is 132 Å². The van der Waals surface area contributed by atoms with Crippen LogP contribution in [0, 0.1) is 25.7 Å². The Morgan fingerprint density at radius 3 is 2.77 bits per heavy atom. The van der Waals surface area contributed by atoms with E-state index >= 15 is 0 Å². The number of hydrogen-bond donors (Lipinski definition) is 0. The maximum Gasteiger partial charge on any atom is 0.259 e. The summed E-state index contributed by atoms with van der Waals surface area (Å²) in [5.74, 6) is 1.88. The highest BCUT2D eigenvalue weighted by Gasteiger charge is 2.45. The topological polar surface area (TPSA) is 55.6 Å². The molecule has 2 saturated heterocycles. The van der Waals surface area contributed by atoms with Crippen molar-refractivity contribution in [3.8, 4) is 0 Å². The molecular formula is C17H26N2O3. The van der Waals surface area contributed by atoms with Crippen LogP contribution in [0.3, 0.4) is 0 Å². The minimum absolute atomic E-state index is 0.0342. The average Bonchev–Trinajstić information content (AvgIpc) is 3.03. The lowest BCUT2D eigenvalue weighted by atomic mass is 9.82. The first-order valence-electron chi connectivity index (χ1n) is 8.28. The summed E-state index contributed by atoms with van der Waals surface area (Å²) in [6.07, 6.45) is 3.12. The minimum Gasteiger partial charge on any atom is -0.373 e. The molecule has 0 bridgehead atoms. The monoisotopic (exact) mass is 306 g/mol. The molecule has 1 spiro atoms. The molecule has 22 heavy (non-hydrogen) atoms. The highest BCUT2D eigenvalue weighted by Crippen LogP contribution is 2.40. The molecule has 1 amide bonds. The molecule has 2 fully saturated rings. The smallest absolute Gasteiger partial charge is 0.259 e. The lowest BCUT2D eigenvalue weighted by Crippen LogP contribution is -2.50. The number of ether oxygens (including phenoxy) is 1. The number of aromatic nitrogens is 1. The highest BCUT2D eigenvalue weighted by atomic mass is 16.5. The minimum atomic E-state index is -0.137. The van der Waals surface area contributed by atoms with Crippen molar-refractivity contribution in [3.05, 3.63) is 17.0 Å². The first kappa shape index (κ1) is 15.5. The van der Waals surface area contributed by atoms with Gasteiger partial charge in [-0.25, -0.2) is 0 Å². The van der Waals surface area contributed by atoms with Crippen LogP contribution in [0.5, 0.6) is 0 Å². The van der Waals surface area contributed by atoms with Gasteiger partial charge in [-0.15, -0.1) is 0 Å². The van der Waals surface area contributed by atoms with E-state index in [0.717, 1.165) is 32.4 Å². The normalized spacial score (nSPS) is 28.8. The second-order valence-corrected chi connectivity index (χ2v) is 7.23. The Bertz CT molecular complexity index is 547. The molecule has 0 aliphatic carbocycles. The number of aryl methyl sites for hydroxylation is 2. The van der Waals surface area contributed by atoms with Crippen molar-refractivity contribution < 1.29 is 14.1 Å². The molecule has 2 aliphatic heterocycles. The Morgan fingerprint density at radius 2 is 2.18 bits per heavy atom. The SMILES string of the molecule is Cc1noc(C)c1C(=O)N1CCC[C@]2(C[C@@H](C(C)C)CO2)C1. The fourth-order valence-electron chi connectivity index (χ4n) is 3.81. The molecule has 1 aromatic rings. The van der Waals surface area contributed by atoms with E-state index in [1.54, 1.807) is 6.92 Å². The number of likely N-dealkylation sites (tertiary alicyclic amines) is 1. The van der Waals surface area contributed by atoms with Crippen LogP contribution in [0.2, 0.25) is 0 Å². The second-order valence-electron chi connectivity index (χ2n) is 7.23. The Hall–Kier alpha value is -1.36. The van der Waals surface area contributed by atoms with Crippen molar-refractivity contribution in [3.63, 3.8) is 0 Å². The second kappa shape index (κ2) is 5.69. The number of carbonyl (C=O) groups is 1. The first-order valence-corrected chi connectivity index (χ1v) is 8.28. The van der Waals surface area contributed by atoms with Gasteiger partial charge >= 0.3 is 0 Å². The Kier molecular flexibility index (Phi) is 4.02. The quantitative estimate of drug-likeness (QED) is 0.843. The molecule has 3 heterocycles. The predicted octanol–water partition coefficient (Wildman–Crippen LogP) is 2.96. The van der Waals surface area contributed by atoms with Gasteiger partial charge in [0.25, 0.3) is 5.91 Å². The summed E-state index contributed by atoms with van der Waals surface area (Å²) in [4.78, 5) is 14.8. The maximum atomic E-state index is 12.8. The third kappa shape index (κ3) is 2.67. The van der Waals surface area contributed by atoms with Gasteiger partial charge in [-0.2, -0.15) is 0 Å². The van der Waals surface area contributed by atoms with Crippen LogP contribution in [0.15, 0.2) is 4.52 Å². The van der Waals surface area contributed by atoms with Crippen LogP contribution in [-0.4, -0.2) is 41.3 Å². The van der Waals surface area contributed by atoms with Crippen LogP contribution >= 0.6 is 0 Å². The van der Waals surface area contributed by atoms with E-state index < -0.39 is 0 Å². The molecule has 0 aromatic carbocycles. The Balaban J connectivity index is 1.75. The zero-order chi connectivity index (χ0) is 15.9. The van der Waals surface area contributed by atoms with Gasteiger partial charge in [-0.05, 0) is 44.9 Å². The lowest BCUT2D eigenvalue weighted by Gasteiger charge is -2.40. The van der Waals surface area contributed by atoms with E-state index in [-0.39, 0.29) is 11.5 Å². The van der Waals surface area contributed by atoms with Gasteiger partial charge in [-0.1, -0.05) is 19.0 Å². The molecule has 122 valence electrons. The molecule has 3 rings (SSSR count). The summed E-state index contributed by atoms with van der Waals surface area (Å²) in [7, 11) is 0. The van der Waals surface area contributed by atoms with Gasteiger partial charge < -0.3 is 14.2 Å². The van der Waals surface area contributed by atoms with Crippen molar-refractivity contribution >= 4 is 5.91 Å². The first-order chi connectivity index (χ1) is 10.4. The molecule has 5 nitrogen and oxygen atoms in total.